The van der Waals surface area contributed by atoms with Crippen LogP contribution in [-0.2, 0) is 19.9 Å². The van der Waals surface area contributed by atoms with Gasteiger partial charge in [0.15, 0.2) is 10.8 Å². The first kappa shape index (κ1) is 11.4. The quantitative estimate of drug-likeness (QED) is 0.899. The molecule has 0 radical (unpaired) electrons. The lowest BCUT2D eigenvalue weighted by Gasteiger charge is -1.99. The number of rotatable bonds is 2. The normalized spacial score (nSPS) is 13.7. The molecule has 1 aliphatic carbocycles. The highest BCUT2D eigenvalue weighted by Crippen LogP contribution is 2.25. The van der Waals surface area contributed by atoms with E-state index < -0.39 is 0 Å². The Balaban J connectivity index is 1.87. The standard InChI is InChI=1S/C12H14N4OS/c1-7-6-18-12(13-7)14-11(17)10-8-4-3-5-9(8)16(2)15-10/h6H,3-5H2,1-2H3,(H,13,14,17). The summed E-state index contributed by atoms with van der Waals surface area (Å²) in [6, 6.07) is 0. The zero-order chi connectivity index (χ0) is 12.7. The Bertz CT molecular complexity index is 614. The van der Waals surface area contributed by atoms with Gasteiger partial charge in [-0.1, -0.05) is 0 Å². The molecule has 0 saturated carbocycles. The number of fused-ring (bicyclic) bond motifs is 1. The number of hydrogen-bond acceptors (Lipinski definition) is 4. The summed E-state index contributed by atoms with van der Waals surface area (Å²) in [7, 11) is 1.90. The largest absolute Gasteiger partial charge is 0.296 e. The van der Waals surface area contributed by atoms with Gasteiger partial charge in [0.25, 0.3) is 5.91 Å². The van der Waals surface area contributed by atoms with Crippen LogP contribution in [0.15, 0.2) is 5.38 Å². The molecule has 0 saturated heterocycles. The van der Waals surface area contributed by atoms with E-state index >= 15 is 0 Å². The van der Waals surface area contributed by atoms with E-state index in [0.717, 1.165) is 30.5 Å². The van der Waals surface area contributed by atoms with Crippen LogP contribution in [0.5, 0.6) is 0 Å². The predicted molar refractivity (Wildman–Crippen MR) is 70.0 cm³/mol. The van der Waals surface area contributed by atoms with Crippen LogP contribution in [0.2, 0.25) is 0 Å². The van der Waals surface area contributed by atoms with Gasteiger partial charge in [0.2, 0.25) is 0 Å². The Labute approximate surface area is 109 Å². The van der Waals surface area contributed by atoms with Crippen molar-refractivity contribution in [2.75, 3.05) is 5.32 Å². The van der Waals surface area contributed by atoms with Crippen LogP contribution in [0.1, 0.15) is 33.9 Å². The Hall–Kier alpha value is -1.69. The molecule has 2 aromatic rings. The van der Waals surface area contributed by atoms with Gasteiger partial charge < -0.3 is 0 Å². The smallest absolute Gasteiger partial charge is 0.278 e. The summed E-state index contributed by atoms with van der Waals surface area (Å²) in [6.45, 7) is 1.91. The molecule has 0 aromatic carbocycles. The van der Waals surface area contributed by atoms with Crippen molar-refractivity contribution in [3.8, 4) is 0 Å². The van der Waals surface area contributed by atoms with E-state index in [1.165, 1.54) is 17.0 Å². The fourth-order valence-electron chi connectivity index (χ4n) is 2.36. The minimum absolute atomic E-state index is 0.150. The van der Waals surface area contributed by atoms with E-state index in [1.54, 1.807) is 0 Å². The molecule has 1 aliphatic rings. The van der Waals surface area contributed by atoms with Gasteiger partial charge >= 0.3 is 0 Å². The summed E-state index contributed by atoms with van der Waals surface area (Å²) in [5.74, 6) is -0.150. The number of nitrogens with zero attached hydrogens (tertiary/aromatic N) is 3. The van der Waals surface area contributed by atoms with Crippen molar-refractivity contribution in [2.24, 2.45) is 7.05 Å². The zero-order valence-electron chi connectivity index (χ0n) is 10.4. The first-order chi connectivity index (χ1) is 8.65. The topological polar surface area (TPSA) is 59.8 Å². The van der Waals surface area contributed by atoms with Gasteiger partial charge in [0.1, 0.15) is 0 Å². The monoisotopic (exact) mass is 262 g/mol. The molecule has 6 heteroatoms. The minimum Gasteiger partial charge on any atom is -0.296 e. The van der Waals surface area contributed by atoms with Gasteiger partial charge in [-0.05, 0) is 26.2 Å². The van der Waals surface area contributed by atoms with Crippen molar-refractivity contribution in [1.29, 1.82) is 0 Å². The van der Waals surface area contributed by atoms with Crippen LogP contribution >= 0.6 is 11.3 Å². The van der Waals surface area contributed by atoms with Crippen LogP contribution in [0.3, 0.4) is 0 Å². The van der Waals surface area contributed by atoms with Gasteiger partial charge in [0, 0.05) is 23.7 Å². The number of aryl methyl sites for hydroxylation is 2. The third-order valence-corrected chi connectivity index (χ3v) is 4.05. The van der Waals surface area contributed by atoms with Crippen LogP contribution in [0.25, 0.3) is 0 Å². The average molecular weight is 262 g/mol. The zero-order valence-corrected chi connectivity index (χ0v) is 11.2. The lowest BCUT2D eigenvalue weighted by Crippen LogP contribution is -2.14. The lowest BCUT2D eigenvalue weighted by molar-refractivity contribution is 0.102. The molecule has 2 heterocycles. The second kappa shape index (κ2) is 4.20. The maximum atomic E-state index is 12.2. The Morgan fingerprint density at radius 3 is 3.06 bits per heavy atom. The maximum absolute atomic E-state index is 12.2. The van der Waals surface area contributed by atoms with Crippen molar-refractivity contribution in [3.05, 3.63) is 28.0 Å². The van der Waals surface area contributed by atoms with Gasteiger partial charge in [0.05, 0.1) is 5.69 Å². The summed E-state index contributed by atoms with van der Waals surface area (Å²) in [4.78, 5) is 16.4. The van der Waals surface area contributed by atoms with Crippen LogP contribution in [0, 0.1) is 6.92 Å². The van der Waals surface area contributed by atoms with E-state index in [4.69, 9.17) is 0 Å². The van der Waals surface area contributed by atoms with Gasteiger partial charge in [-0.25, -0.2) is 4.98 Å². The minimum atomic E-state index is -0.150. The van der Waals surface area contributed by atoms with Crippen LogP contribution in [-0.4, -0.2) is 20.7 Å². The molecule has 0 unspecified atom stereocenters. The molecule has 3 rings (SSSR count). The Kier molecular flexibility index (Phi) is 2.66. The molecule has 0 fully saturated rings. The van der Waals surface area contributed by atoms with Gasteiger partial charge in [-0.15, -0.1) is 11.3 Å². The Morgan fingerprint density at radius 1 is 1.50 bits per heavy atom. The molecular formula is C12H14N4OS. The van der Waals surface area contributed by atoms with E-state index in [-0.39, 0.29) is 5.91 Å². The van der Waals surface area contributed by atoms with E-state index in [2.05, 4.69) is 15.4 Å². The summed E-state index contributed by atoms with van der Waals surface area (Å²) < 4.78 is 1.82. The number of carbonyl (C=O) groups excluding carboxylic acids is 1. The number of amides is 1. The fourth-order valence-corrected chi connectivity index (χ4v) is 3.04. The highest BCUT2D eigenvalue weighted by atomic mass is 32.1. The second-order valence-electron chi connectivity index (χ2n) is 4.50. The number of nitrogens with one attached hydrogen (secondary N) is 1. The third kappa shape index (κ3) is 1.82. The van der Waals surface area contributed by atoms with Crippen LogP contribution < -0.4 is 5.32 Å². The molecular weight excluding hydrogens is 248 g/mol. The van der Waals surface area contributed by atoms with E-state index in [9.17, 15) is 4.79 Å². The van der Waals surface area contributed by atoms with Crippen molar-refractivity contribution >= 4 is 22.4 Å². The second-order valence-corrected chi connectivity index (χ2v) is 5.36. The van der Waals surface area contributed by atoms with E-state index in [1.807, 2.05) is 24.0 Å². The molecule has 1 amide bonds. The molecule has 2 aromatic heterocycles. The molecule has 0 aliphatic heterocycles. The SMILES string of the molecule is Cc1csc(NC(=O)c2nn(C)c3c2CCC3)n1. The summed E-state index contributed by atoms with van der Waals surface area (Å²) in [5, 5.41) is 9.68. The lowest BCUT2D eigenvalue weighted by atomic mass is 10.2. The van der Waals surface area contributed by atoms with Crippen LogP contribution in [0.4, 0.5) is 5.13 Å². The molecule has 0 spiro atoms. The summed E-state index contributed by atoms with van der Waals surface area (Å²) >= 11 is 1.43. The molecule has 5 nitrogen and oxygen atoms in total. The van der Waals surface area contributed by atoms with Gasteiger partial charge in [-0.3, -0.25) is 14.8 Å². The van der Waals surface area contributed by atoms with Crippen molar-refractivity contribution in [3.63, 3.8) is 0 Å². The predicted octanol–water partition coefficient (Wildman–Crippen LogP) is 1.93. The molecule has 18 heavy (non-hydrogen) atoms. The number of aromatic nitrogens is 3. The average Bonchev–Trinajstić information content (AvgIpc) is 2.98. The third-order valence-electron chi connectivity index (χ3n) is 3.17. The number of anilines is 1. The molecule has 0 atom stereocenters. The summed E-state index contributed by atoms with van der Waals surface area (Å²) in [6.07, 6.45) is 3.07. The Morgan fingerprint density at radius 2 is 2.33 bits per heavy atom. The first-order valence-corrected chi connectivity index (χ1v) is 6.81. The number of thiazole rings is 1. The molecule has 94 valence electrons. The fraction of sp³-hybridized carbons (Fsp3) is 0.417. The first-order valence-electron chi connectivity index (χ1n) is 5.93. The van der Waals surface area contributed by atoms with E-state index in [0.29, 0.717) is 10.8 Å². The summed E-state index contributed by atoms with van der Waals surface area (Å²) in [5.41, 5.74) is 3.76. The number of hydrogen-bond donors (Lipinski definition) is 1. The van der Waals surface area contributed by atoms with Crippen molar-refractivity contribution in [1.82, 2.24) is 14.8 Å². The number of carbonyl (C=O) groups is 1. The van der Waals surface area contributed by atoms with Crippen molar-refractivity contribution < 1.29 is 4.79 Å². The highest BCUT2D eigenvalue weighted by molar-refractivity contribution is 7.13. The van der Waals surface area contributed by atoms with Gasteiger partial charge in [-0.2, -0.15) is 5.10 Å². The van der Waals surface area contributed by atoms with Crippen molar-refractivity contribution in [2.45, 2.75) is 26.2 Å². The molecule has 1 N–H and O–H groups in total. The molecule has 0 bridgehead atoms. The maximum Gasteiger partial charge on any atom is 0.278 e. The highest BCUT2D eigenvalue weighted by Gasteiger charge is 2.25.